The van der Waals surface area contributed by atoms with Crippen LogP contribution in [-0.2, 0) is 11.2 Å². The Morgan fingerprint density at radius 2 is 2.00 bits per heavy atom. The Balaban J connectivity index is 2.30. The lowest BCUT2D eigenvalue weighted by Crippen LogP contribution is -2.32. The van der Waals surface area contributed by atoms with Gasteiger partial charge in [-0.25, -0.2) is 4.39 Å². The van der Waals surface area contributed by atoms with Gasteiger partial charge in [-0.2, -0.15) is 0 Å². The highest BCUT2D eigenvalue weighted by Crippen LogP contribution is 2.04. The number of aliphatic hydroxyl groups is 1. The van der Waals surface area contributed by atoms with Crippen LogP contribution in [0.5, 0.6) is 0 Å². The molecular weight excluding hydrogens is 237 g/mol. The predicted molar refractivity (Wildman–Crippen MR) is 65.9 cm³/mol. The molecule has 0 saturated carbocycles. The van der Waals surface area contributed by atoms with Gasteiger partial charge in [0, 0.05) is 13.1 Å². The molecule has 1 aromatic rings. The molecule has 1 rings (SSSR count). The van der Waals surface area contributed by atoms with Crippen LogP contribution in [0.3, 0.4) is 0 Å². The molecule has 0 heterocycles. The van der Waals surface area contributed by atoms with E-state index >= 15 is 0 Å². The van der Waals surface area contributed by atoms with Gasteiger partial charge in [0.1, 0.15) is 5.82 Å². The number of hydrogen-bond donors (Lipinski definition) is 2. The van der Waals surface area contributed by atoms with Crippen molar-refractivity contribution < 1.29 is 19.4 Å². The van der Waals surface area contributed by atoms with Gasteiger partial charge in [-0.05, 0) is 31.2 Å². The zero-order valence-corrected chi connectivity index (χ0v) is 10.3. The summed E-state index contributed by atoms with van der Waals surface area (Å²) in [5, 5.41) is 18.0. The summed E-state index contributed by atoms with van der Waals surface area (Å²) in [4.78, 5) is 12.2. The lowest BCUT2D eigenvalue weighted by molar-refractivity contribution is -0.139. The summed E-state index contributed by atoms with van der Waals surface area (Å²) in [7, 11) is 1.81. The fraction of sp³-hybridized carbons (Fsp3) is 0.462. The molecule has 0 aliphatic rings. The molecule has 0 bridgehead atoms. The second kappa shape index (κ2) is 7.08. The van der Waals surface area contributed by atoms with E-state index in [4.69, 9.17) is 5.11 Å². The Kier molecular flexibility index (Phi) is 5.74. The Morgan fingerprint density at radius 1 is 1.39 bits per heavy atom. The Bertz CT molecular complexity index is 380. The highest BCUT2D eigenvalue weighted by molar-refractivity contribution is 5.67. The summed E-state index contributed by atoms with van der Waals surface area (Å²) in [5.74, 6) is -1.27. The Morgan fingerprint density at radius 3 is 2.56 bits per heavy atom. The third-order valence-corrected chi connectivity index (χ3v) is 2.63. The highest BCUT2D eigenvalue weighted by atomic mass is 19.1. The van der Waals surface area contributed by atoms with Gasteiger partial charge >= 0.3 is 5.97 Å². The van der Waals surface area contributed by atoms with Gasteiger partial charge in [0.05, 0.1) is 12.5 Å². The van der Waals surface area contributed by atoms with Crippen molar-refractivity contribution in [3.63, 3.8) is 0 Å². The maximum atomic E-state index is 12.7. The standard InChI is InChI=1S/C13H18FNO3/c1-15(9-12(16)8-13(17)18)7-6-10-2-4-11(14)5-3-10/h2-5,12,16H,6-9H2,1H3,(H,17,18). The minimum absolute atomic E-state index is 0.249. The van der Waals surface area contributed by atoms with Crippen molar-refractivity contribution in [3.05, 3.63) is 35.6 Å². The van der Waals surface area contributed by atoms with Crippen LogP contribution in [0.4, 0.5) is 4.39 Å². The van der Waals surface area contributed by atoms with Crippen LogP contribution >= 0.6 is 0 Å². The fourth-order valence-corrected chi connectivity index (χ4v) is 1.69. The molecule has 100 valence electrons. The number of carboxylic acids is 1. The molecule has 0 amide bonds. The largest absolute Gasteiger partial charge is 0.481 e. The van der Waals surface area contributed by atoms with Crippen LogP contribution in [0.2, 0.25) is 0 Å². The summed E-state index contributed by atoms with van der Waals surface area (Å²) in [5.41, 5.74) is 1.01. The van der Waals surface area contributed by atoms with Gasteiger partial charge in [-0.3, -0.25) is 4.79 Å². The smallest absolute Gasteiger partial charge is 0.306 e. The summed E-state index contributed by atoms with van der Waals surface area (Å²) in [6.07, 6.45) is -0.377. The molecule has 1 aromatic carbocycles. The number of hydrogen-bond acceptors (Lipinski definition) is 3. The van der Waals surface area contributed by atoms with Crippen molar-refractivity contribution in [2.24, 2.45) is 0 Å². The van der Waals surface area contributed by atoms with Crippen molar-refractivity contribution in [1.29, 1.82) is 0 Å². The number of carboxylic acid groups (broad SMARTS) is 1. The van der Waals surface area contributed by atoms with Gasteiger partial charge in [-0.1, -0.05) is 12.1 Å². The topological polar surface area (TPSA) is 60.8 Å². The molecular formula is C13H18FNO3. The van der Waals surface area contributed by atoms with E-state index in [1.54, 1.807) is 12.1 Å². The maximum absolute atomic E-state index is 12.7. The van der Waals surface area contributed by atoms with Crippen molar-refractivity contribution in [3.8, 4) is 0 Å². The third kappa shape index (κ3) is 5.75. The lowest BCUT2D eigenvalue weighted by Gasteiger charge is -2.19. The summed E-state index contributed by atoms with van der Waals surface area (Å²) < 4.78 is 12.7. The lowest BCUT2D eigenvalue weighted by atomic mass is 10.1. The van der Waals surface area contributed by atoms with E-state index in [2.05, 4.69) is 0 Å². The quantitative estimate of drug-likeness (QED) is 0.767. The molecule has 18 heavy (non-hydrogen) atoms. The molecule has 0 fully saturated rings. The second-order valence-corrected chi connectivity index (χ2v) is 4.39. The minimum atomic E-state index is -1.01. The number of rotatable bonds is 7. The first kappa shape index (κ1) is 14.6. The summed E-state index contributed by atoms with van der Waals surface area (Å²) in [6, 6.07) is 6.26. The van der Waals surface area contributed by atoms with E-state index in [9.17, 15) is 14.3 Å². The van der Waals surface area contributed by atoms with Crippen LogP contribution in [0.1, 0.15) is 12.0 Å². The van der Waals surface area contributed by atoms with E-state index in [1.165, 1.54) is 12.1 Å². The van der Waals surface area contributed by atoms with Crippen molar-refractivity contribution in [2.45, 2.75) is 18.9 Å². The number of carbonyl (C=O) groups is 1. The molecule has 4 nitrogen and oxygen atoms in total. The fourth-order valence-electron chi connectivity index (χ4n) is 1.69. The summed E-state index contributed by atoms with van der Waals surface area (Å²) in [6.45, 7) is 0.996. The molecule has 1 atom stereocenters. The average Bonchev–Trinajstić information content (AvgIpc) is 2.27. The third-order valence-electron chi connectivity index (χ3n) is 2.63. The molecule has 0 spiro atoms. The number of aliphatic hydroxyl groups excluding tert-OH is 1. The number of nitrogens with zero attached hydrogens (tertiary/aromatic N) is 1. The normalized spacial score (nSPS) is 12.7. The zero-order chi connectivity index (χ0) is 13.5. The Hall–Kier alpha value is -1.46. The van der Waals surface area contributed by atoms with Crippen molar-refractivity contribution in [2.75, 3.05) is 20.1 Å². The summed E-state index contributed by atoms with van der Waals surface area (Å²) >= 11 is 0. The van der Waals surface area contributed by atoms with Gasteiger partial charge in [0.25, 0.3) is 0 Å². The van der Waals surface area contributed by atoms with Crippen molar-refractivity contribution >= 4 is 5.97 Å². The molecule has 0 radical (unpaired) electrons. The first-order chi connectivity index (χ1) is 8.47. The number of benzene rings is 1. The van der Waals surface area contributed by atoms with Crippen LogP contribution in [0, 0.1) is 5.82 Å². The molecule has 5 heteroatoms. The van der Waals surface area contributed by atoms with E-state index in [0.717, 1.165) is 12.0 Å². The maximum Gasteiger partial charge on any atom is 0.306 e. The molecule has 0 aliphatic heterocycles. The number of halogens is 1. The molecule has 0 aliphatic carbocycles. The molecule has 0 aromatic heterocycles. The highest BCUT2D eigenvalue weighted by Gasteiger charge is 2.11. The van der Waals surface area contributed by atoms with Crippen LogP contribution in [0.15, 0.2) is 24.3 Å². The van der Waals surface area contributed by atoms with Gasteiger partial charge < -0.3 is 15.1 Å². The van der Waals surface area contributed by atoms with Crippen molar-refractivity contribution in [1.82, 2.24) is 4.90 Å². The van der Waals surface area contributed by atoms with Crippen LogP contribution in [0.25, 0.3) is 0 Å². The molecule has 2 N–H and O–H groups in total. The molecule has 0 saturated heterocycles. The monoisotopic (exact) mass is 255 g/mol. The minimum Gasteiger partial charge on any atom is -0.481 e. The first-order valence-corrected chi connectivity index (χ1v) is 5.80. The van der Waals surface area contributed by atoms with E-state index < -0.39 is 12.1 Å². The average molecular weight is 255 g/mol. The molecule has 1 unspecified atom stereocenters. The zero-order valence-electron chi connectivity index (χ0n) is 10.3. The predicted octanol–water partition coefficient (Wildman–Crippen LogP) is 1.14. The SMILES string of the molecule is CN(CCc1ccc(F)cc1)CC(O)CC(=O)O. The second-order valence-electron chi connectivity index (χ2n) is 4.39. The first-order valence-electron chi connectivity index (χ1n) is 5.80. The number of likely N-dealkylation sites (N-methyl/N-ethyl adjacent to an activating group) is 1. The van der Waals surface area contributed by atoms with Gasteiger partial charge in [0.15, 0.2) is 0 Å². The van der Waals surface area contributed by atoms with E-state index in [-0.39, 0.29) is 12.2 Å². The van der Waals surface area contributed by atoms with Crippen LogP contribution < -0.4 is 0 Å². The van der Waals surface area contributed by atoms with Crippen LogP contribution in [-0.4, -0.2) is 47.3 Å². The number of aliphatic carboxylic acids is 1. The Labute approximate surface area is 106 Å². The van der Waals surface area contributed by atoms with Gasteiger partial charge in [0.2, 0.25) is 0 Å². The van der Waals surface area contributed by atoms with E-state index in [0.29, 0.717) is 13.1 Å². The van der Waals surface area contributed by atoms with Gasteiger partial charge in [-0.15, -0.1) is 0 Å². The van der Waals surface area contributed by atoms with E-state index in [1.807, 2.05) is 11.9 Å².